The predicted molar refractivity (Wildman–Crippen MR) is 84.0 cm³/mol. The molecule has 3 nitrogen and oxygen atoms in total. The minimum atomic E-state index is 0.202. The van der Waals surface area contributed by atoms with Crippen molar-refractivity contribution in [3.8, 4) is 0 Å². The number of rotatable bonds is 6. The van der Waals surface area contributed by atoms with Crippen molar-refractivity contribution in [3.63, 3.8) is 0 Å². The molecule has 1 aromatic heterocycles. The predicted octanol–water partition coefficient (Wildman–Crippen LogP) is 3.34. The van der Waals surface area contributed by atoms with E-state index in [1.54, 1.807) is 0 Å². The summed E-state index contributed by atoms with van der Waals surface area (Å²) in [6, 6.07) is 11.3. The number of aryl methyl sites for hydroxylation is 3. The van der Waals surface area contributed by atoms with E-state index in [0.29, 0.717) is 0 Å². The third-order valence-electron chi connectivity index (χ3n) is 3.83. The van der Waals surface area contributed by atoms with Gasteiger partial charge < -0.3 is 5.32 Å². The lowest BCUT2D eigenvalue weighted by Gasteiger charge is -2.18. The summed E-state index contributed by atoms with van der Waals surface area (Å²) >= 11 is 0. The van der Waals surface area contributed by atoms with Gasteiger partial charge in [0.1, 0.15) is 0 Å². The average Bonchev–Trinajstić information content (AvgIpc) is 2.92. The first-order valence-electron chi connectivity index (χ1n) is 7.56. The van der Waals surface area contributed by atoms with Gasteiger partial charge in [-0.05, 0) is 44.0 Å². The van der Waals surface area contributed by atoms with E-state index in [1.807, 2.05) is 7.05 Å². The van der Waals surface area contributed by atoms with Gasteiger partial charge >= 0.3 is 0 Å². The number of nitrogens with zero attached hydrogens (tertiary/aromatic N) is 2. The second-order valence-corrected chi connectivity index (χ2v) is 5.05. The fraction of sp³-hybridized carbons (Fsp3) is 0.471. The summed E-state index contributed by atoms with van der Waals surface area (Å²) in [6.07, 6.45) is 2.06. The van der Waals surface area contributed by atoms with Crippen molar-refractivity contribution < 1.29 is 0 Å². The first kappa shape index (κ1) is 14.8. The second-order valence-electron chi connectivity index (χ2n) is 5.05. The molecule has 0 saturated heterocycles. The largest absolute Gasteiger partial charge is 0.308 e. The molecule has 3 heteroatoms. The molecule has 20 heavy (non-hydrogen) atoms. The van der Waals surface area contributed by atoms with Crippen LogP contribution in [0, 0.1) is 0 Å². The smallest absolute Gasteiger partial charge is 0.0745 e. The molecule has 1 aromatic carbocycles. The second kappa shape index (κ2) is 6.71. The fourth-order valence-electron chi connectivity index (χ4n) is 2.58. The lowest BCUT2D eigenvalue weighted by Crippen LogP contribution is -2.21. The third-order valence-corrected chi connectivity index (χ3v) is 3.83. The van der Waals surface area contributed by atoms with E-state index in [2.05, 4.69) is 66.2 Å². The SMILES string of the molecule is CCc1ccc(C(NC)c2cc(CC)nn2CC)cc1. The fourth-order valence-corrected chi connectivity index (χ4v) is 2.58. The van der Waals surface area contributed by atoms with E-state index in [4.69, 9.17) is 0 Å². The maximum absolute atomic E-state index is 4.65. The van der Waals surface area contributed by atoms with E-state index in [0.717, 1.165) is 25.1 Å². The molecular weight excluding hydrogens is 246 g/mol. The van der Waals surface area contributed by atoms with Gasteiger partial charge in [-0.15, -0.1) is 0 Å². The highest BCUT2D eigenvalue weighted by Gasteiger charge is 2.17. The van der Waals surface area contributed by atoms with Gasteiger partial charge in [-0.25, -0.2) is 0 Å². The summed E-state index contributed by atoms with van der Waals surface area (Å²) in [6.45, 7) is 7.38. The van der Waals surface area contributed by atoms with Crippen LogP contribution < -0.4 is 5.32 Å². The van der Waals surface area contributed by atoms with Crippen LogP contribution in [0.15, 0.2) is 30.3 Å². The Labute approximate surface area is 122 Å². The van der Waals surface area contributed by atoms with Crippen LogP contribution in [0.25, 0.3) is 0 Å². The van der Waals surface area contributed by atoms with Crippen LogP contribution in [0.1, 0.15) is 49.3 Å². The normalized spacial score (nSPS) is 12.6. The monoisotopic (exact) mass is 271 g/mol. The van der Waals surface area contributed by atoms with E-state index < -0.39 is 0 Å². The van der Waals surface area contributed by atoms with Gasteiger partial charge in [0.25, 0.3) is 0 Å². The molecule has 1 heterocycles. The van der Waals surface area contributed by atoms with Crippen LogP contribution >= 0.6 is 0 Å². The van der Waals surface area contributed by atoms with Gasteiger partial charge in [0.15, 0.2) is 0 Å². The molecule has 0 aliphatic carbocycles. The Kier molecular flexibility index (Phi) is 4.96. The van der Waals surface area contributed by atoms with Crippen LogP contribution in [0.2, 0.25) is 0 Å². The third kappa shape index (κ3) is 2.93. The first-order valence-corrected chi connectivity index (χ1v) is 7.56. The van der Waals surface area contributed by atoms with Crippen molar-refractivity contribution in [2.75, 3.05) is 7.05 Å². The van der Waals surface area contributed by atoms with Crippen LogP contribution in [-0.2, 0) is 19.4 Å². The molecule has 0 saturated carbocycles. The maximum atomic E-state index is 4.65. The zero-order valence-electron chi connectivity index (χ0n) is 13.0. The Morgan fingerprint density at radius 2 is 1.80 bits per heavy atom. The van der Waals surface area contributed by atoms with Crippen molar-refractivity contribution in [3.05, 3.63) is 52.8 Å². The molecular formula is C17H25N3. The minimum Gasteiger partial charge on any atom is -0.308 e. The minimum absolute atomic E-state index is 0.202. The van der Waals surface area contributed by atoms with E-state index >= 15 is 0 Å². The standard InChI is InChI=1S/C17H25N3/c1-5-13-8-10-14(11-9-13)17(18-4)16-12-15(6-2)19-20(16)7-3/h8-12,17-18H,5-7H2,1-4H3. The van der Waals surface area contributed by atoms with Gasteiger partial charge in [-0.3, -0.25) is 4.68 Å². The lowest BCUT2D eigenvalue weighted by molar-refractivity contribution is 0.560. The Balaban J connectivity index is 2.37. The summed E-state index contributed by atoms with van der Waals surface area (Å²) in [4.78, 5) is 0. The highest BCUT2D eigenvalue weighted by Crippen LogP contribution is 2.23. The Hall–Kier alpha value is -1.61. The van der Waals surface area contributed by atoms with Crippen molar-refractivity contribution in [1.29, 1.82) is 0 Å². The summed E-state index contributed by atoms with van der Waals surface area (Å²) in [7, 11) is 2.01. The molecule has 108 valence electrons. The summed E-state index contributed by atoms with van der Waals surface area (Å²) < 4.78 is 2.10. The lowest BCUT2D eigenvalue weighted by atomic mass is 10.0. The number of aromatic nitrogens is 2. The molecule has 2 aromatic rings. The molecule has 1 unspecified atom stereocenters. The van der Waals surface area contributed by atoms with E-state index in [1.165, 1.54) is 16.8 Å². The zero-order valence-corrected chi connectivity index (χ0v) is 13.0. The molecule has 0 bridgehead atoms. The van der Waals surface area contributed by atoms with E-state index in [-0.39, 0.29) is 6.04 Å². The van der Waals surface area contributed by atoms with Gasteiger partial charge in [0.2, 0.25) is 0 Å². The molecule has 0 aliphatic rings. The molecule has 0 spiro atoms. The Morgan fingerprint density at radius 1 is 1.10 bits per heavy atom. The summed E-state index contributed by atoms with van der Waals surface area (Å²) in [5.74, 6) is 0. The summed E-state index contributed by atoms with van der Waals surface area (Å²) in [5, 5.41) is 8.08. The van der Waals surface area contributed by atoms with Gasteiger partial charge in [-0.1, -0.05) is 38.1 Å². The highest BCUT2D eigenvalue weighted by atomic mass is 15.3. The highest BCUT2D eigenvalue weighted by molar-refractivity contribution is 5.31. The van der Waals surface area contributed by atoms with E-state index in [9.17, 15) is 0 Å². The Bertz CT molecular complexity index is 540. The number of benzene rings is 1. The molecule has 0 amide bonds. The summed E-state index contributed by atoms with van der Waals surface area (Å²) in [5.41, 5.74) is 5.08. The molecule has 0 radical (unpaired) electrons. The van der Waals surface area contributed by atoms with Gasteiger partial charge in [0.05, 0.1) is 17.4 Å². The van der Waals surface area contributed by atoms with Crippen molar-refractivity contribution in [2.24, 2.45) is 0 Å². The number of hydrogen-bond donors (Lipinski definition) is 1. The quantitative estimate of drug-likeness (QED) is 0.873. The zero-order chi connectivity index (χ0) is 14.5. The Morgan fingerprint density at radius 3 is 2.30 bits per heavy atom. The molecule has 0 aliphatic heterocycles. The maximum Gasteiger partial charge on any atom is 0.0745 e. The average molecular weight is 271 g/mol. The molecule has 1 atom stereocenters. The number of hydrogen-bond acceptors (Lipinski definition) is 2. The van der Waals surface area contributed by atoms with Crippen LogP contribution in [-0.4, -0.2) is 16.8 Å². The molecule has 0 fully saturated rings. The molecule has 1 N–H and O–H groups in total. The van der Waals surface area contributed by atoms with Crippen LogP contribution in [0.5, 0.6) is 0 Å². The van der Waals surface area contributed by atoms with Gasteiger partial charge in [-0.2, -0.15) is 5.10 Å². The van der Waals surface area contributed by atoms with Crippen molar-refractivity contribution in [1.82, 2.24) is 15.1 Å². The topological polar surface area (TPSA) is 29.9 Å². The van der Waals surface area contributed by atoms with Crippen LogP contribution in [0.4, 0.5) is 0 Å². The van der Waals surface area contributed by atoms with Gasteiger partial charge in [0, 0.05) is 6.54 Å². The first-order chi connectivity index (χ1) is 9.73. The van der Waals surface area contributed by atoms with Crippen molar-refractivity contribution >= 4 is 0 Å². The van der Waals surface area contributed by atoms with Crippen LogP contribution in [0.3, 0.4) is 0 Å². The number of nitrogens with one attached hydrogen (secondary N) is 1. The van der Waals surface area contributed by atoms with Crippen molar-refractivity contribution in [2.45, 2.75) is 46.2 Å². The molecule has 2 rings (SSSR count).